The van der Waals surface area contributed by atoms with Gasteiger partial charge in [0.05, 0.1) is 18.8 Å². The first-order valence-corrected chi connectivity index (χ1v) is 8.77. The second-order valence-electron chi connectivity index (χ2n) is 7.14. The second-order valence-corrected chi connectivity index (χ2v) is 7.14. The average Bonchev–Trinajstić information content (AvgIpc) is 2.45. The molecular formula is C19H34O4. The fourth-order valence-corrected chi connectivity index (χ4v) is 2.06. The Kier molecular flexibility index (Phi) is 10.6. The summed E-state index contributed by atoms with van der Waals surface area (Å²) in [5.41, 5.74) is 0.948. The third kappa shape index (κ3) is 8.77. The van der Waals surface area contributed by atoms with Crippen LogP contribution >= 0.6 is 0 Å². The van der Waals surface area contributed by atoms with Gasteiger partial charge in [0, 0.05) is 5.57 Å². The van der Waals surface area contributed by atoms with Crippen molar-refractivity contribution in [2.45, 2.75) is 67.7 Å². The molecule has 134 valence electrons. The maximum absolute atomic E-state index is 12.5. The lowest BCUT2D eigenvalue weighted by Crippen LogP contribution is -2.22. The van der Waals surface area contributed by atoms with Crippen molar-refractivity contribution in [3.05, 3.63) is 11.1 Å². The molecule has 0 aliphatic rings. The monoisotopic (exact) mass is 326 g/mol. The largest absolute Gasteiger partial charge is 0.462 e. The van der Waals surface area contributed by atoms with Gasteiger partial charge in [-0.1, -0.05) is 54.9 Å². The molecule has 0 spiro atoms. The number of esters is 2. The standard InChI is InChI=1S/C19H34O4/c1-8-9-10-16(18(20)22-11-13(2)3)17(15(6)7)19(21)23-12-14(4)5/h13-15H,8-12H2,1-7H3. The van der Waals surface area contributed by atoms with E-state index in [2.05, 4.69) is 6.92 Å². The van der Waals surface area contributed by atoms with Crippen LogP contribution in [0.4, 0.5) is 0 Å². The zero-order chi connectivity index (χ0) is 18.0. The normalized spacial score (nSPS) is 12.6. The zero-order valence-corrected chi connectivity index (χ0v) is 15.9. The van der Waals surface area contributed by atoms with Crippen LogP contribution in [-0.4, -0.2) is 25.2 Å². The molecule has 0 heterocycles. The van der Waals surface area contributed by atoms with Crippen LogP contribution in [0.2, 0.25) is 0 Å². The molecule has 0 saturated carbocycles. The first kappa shape index (κ1) is 21.7. The smallest absolute Gasteiger partial charge is 0.334 e. The molecule has 0 radical (unpaired) electrons. The number of rotatable bonds is 10. The van der Waals surface area contributed by atoms with Crippen LogP contribution in [0.1, 0.15) is 67.7 Å². The van der Waals surface area contributed by atoms with Crippen LogP contribution in [0, 0.1) is 17.8 Å². The van der Waals surface area contributed by atoms with Crippen molar-refractivity contribution in [1.29, 1.82) is 0 Å². The van der Waals surface area contributed by atoms with Gasteiger partial charge >= 0.3 is 11.9 Å². The van der Waals surface area contributed by atoms with Crippen LogP contribution < -0.4 is 0 Å². The minimum absolute atomic E-state index is 0.0758. The highest BCUT2D eigenvalue weighted by Gasteiger charge is 2.25. The fraction of sp³-hybridized carbons (Fsp3) is 0.789. The van der Waals surface area contributed by atoms with Gasteiger partial charge in [0.25, 0.3) is 0 Å². The van der Waals surface area contributed by atoms with Crippen LogP contribution in [0.25, 0.3) is 0 Å². The Bertz CT molecular complexity index is 406. The molecule has 0 fully saturated rings. The molecule has 0 aliphatic carbocycles. The van der Waals surface area contributed by atoms with Crippen molar-refractivity contribution in [2.24, 2.45) is 17.8 Å². The summed E-state index contributed by atoms with van der Waals surface area (Å²) < 4.78 is 10.7. The number of hydrogen-bond donors (Lipinski definition) is 0. The third-order valence-corrected chi connectivity index (χ3v) is 3.24. The highest BCUT2D eigenvalue weighted by molar-refractivity contribution is 6.00. The summed E-state index contributed by atoms with van der Waals surface area (Å²) in [5, 5.41) is 0. The van der Waals surface area contributed by atoms with E-state index >= 15 is 0 Å². The van der Waals surface area contributed by atoms with E-state index in [1.165, 1.54) is 0 Å². The van der Waals surface area contributed by atoms with Crippen LogP contribution in [-0.2, 0) is 19.1 Å². The summed E-state index contributed by atoms with van der Waals surface area (Å²) in [6.45, 7) is 14.6. The van der Waals surface area contributed by atoms with Gasteiger partial charge in [0.2, 0.25) is 0 Å². The van der Waals surface area contributed by atoms with Crippen LogP contribution in [0.15, 0.2) is 11.1 Å². The van der Waals surface area contributed by atoms with Crippen LogP contribution in [0.5, 0.6) is 0 Å². The van der Waals surface area contributed by atoms with E-state index in [0.717, 1.165) is 12.8 Å². The Hall–Kier alpha value is -1.32. The van der Waals surface area contributed by atoms with Gasteiger partial charge in [-0.25, -0.2) is 9.59 Å². The molecule has 4 heteroatoms. The van der Waals surface area contributed by atoms with E-state index < -0.39 is 0 Å². The number of unbranched alkanes of at least 4 members (excludes halogenated alkanes) is 1. The van der Waals surface area contributed by atoms with Crippen molar-refractivity contribution in [3.63, 3.8) is 0 Å². The molecule has 0 aromatic carbocycles. The number of carbonyl (C=O) groups is 2. The first-order valence-electron chi connectivity index (χ1n) is 8.77. The van der Waals surface area contributed by atoms with Crippen molar-refractivity contribution < 1.29 is 19.1 Å². The molecule has 0 atom stereocenters. The summed E-state index contributed by atoms with van der Waals surface area (Å²) >= 11 is 0. The quantitative estimate of drug-likeness (QED) is 0.437. The molecule has 0 bridgehead atoms. The maximum Gasteiger partial charge on any atom is 0.334 e. The Labute approximate surface area is 141 Å². The minimum Gasteiger partial charge on any atom is -0.462 e. The van der Waals surface area contributed by atoms with E-state index in [1.54, 1.807) is 0 Å². The third-order valence-electron chi connectivity index (χ3n) is 3.24. The number of ether oxygens (including phenoxy) is 2. The Morgan fingerprint density at radius 2 is 1.30 bits per heavy atom. The van der Waals surface area contributed by atoms with Gasteiger partial charge in [-0.15, -0.1) is 0 Å². The fourth-order valence-electron chi connectivity index (χ4n) is 2.06. The van der Waals surface area contributed by atoms with Crippen molar-refractivity contribution >= 4 is 11.9 Å². The Balaban J connectivity index is 5.42. The lowest BCUT2D eigenvalue weighted by atomic mass is 9.94. The Morgan fingerprint density at radius 3 is 1.70 bits per heavy atom. The lowest BCUT2D eigenvalue weighted by molar-refractivity contribution is -0.144. The van der Waals surface area contributed by atoms with Gasteiger partial charge in [-0.2, -0.15) is 0 Å². The summed E-state index contributed by atoms with van der Waals surface area (Å²) in [4.78, 5) is 24.9. The maximum atomic E-state index is 12.5. The average molecular weight is 326 g/mol. The molecule has 0 N–H and O–H groups in total. The molecule has 0 aromatic rings. The van der Waals surface area contributed by atoms with Crippen molar-refractivity contribution in [2.75, 3.05) is 13.2 Å². The van der Waals surface area contributed by atoms with E-state index in [-0.39, 0.29) is 29.7 Å². The highest BCUT2D eigenvalue weighted by atomic mass is 16.5. The van der Waals surface area contributed by atoms with E-state index in [1.807, 2.05) is 41.5 Å². The van der Waals surface area contributed by atoms with Gasteiger partial charge in [-0.3, -0.25) is 0 Å². The molecule has 0 unspecified atom stereocenters. The highest BCUT2D eigenvalue weighted by Crippen LogP contribution is 2.23. The molecule has 23 heavy (non-hydrogen) atoms. The van der Waals surface area contributed by atoms with Gasteiger partial charge in [-0.05, 0) is 30.6 Å². The summed E-state index contributed by atoms with van der Waals surface area (Å²) in [6.07, 6.45) is 2.35. The van der Waals surface area contributed by atoms with Crippen molar-refractivity contribution in [3.8, 4) is 0 Å². The Morgan fingerprint density at radius 1 is 0.826 bits per heavy atom. The predicted molar refractivity (Wildman–Crippen MR) is 93.0 cm³/mol. The molecule has 0 rings (SSSR count). The molecule has 0 saturated heterocycles. The summed E-state index contributed by atoms with van der Waals surface area (Å²) in [7, 11) is 0. The molecule has 0 amide bonds. The van der Waals surface area contributed by atoms with E-state index in [9.17, 15) is 9.59 Å². The topological polar surface area (TPSA) is 52.6 Å². The minimum atomic E-state index is -0.388. The van der Waals surface area contributed by atoms with Crippen LogP contribution in [0.3, 0.4) is 0 Å². The molecule has 0 aliphatic heterocycles. The predicted octanol–water partition coefficient (Wildman–Crippen LogP) is 4.53. The molecule has 4 nitrogen and oxygen atoms in total. The van der Waals surface area contributed by atoms with E-state index in [4.69, 9.17) is 9.47 Å². The van der Waals surface area contributed by atoms with Gasteiger partial charge in [0.1, 0.15) is 0 Å². The zero-order valence-electron chi connectivity index (χ0n) is 15.9. The SMILES string of the molecule is CCCCC(C(=O)OCC(C)C)=C(C(=O)OCC(C)C)C(C)C. The van der Waals surface area contributed by atoms with Crippen molar-refractivity contribution in [1.82, 2.24) is 0 Å². The summed E-state index contributed by atoms with van der Waals surface area (Å²) in [6, 6.07) is 0. The molecule has 0 aromatic heterocycles. The number of carbonyl (C=O) groups excluding carboxylic acids is 2. The molecular weight excluding hydrogens is 292 g/mol. The second kappa shape index (κ2) is 11.3. The summed E-state index contributed by atoms with van der Waals surface area (Å²) in [5.74, 6) is -0.312. The number of hydrogen-bond acceptors (Lipinski definition) is 4. The lowest BCUT2D eigenvalue weighted by Gasteiger charge is -2.18. The first-order chi connectivity index (χ1) is 10.7. The van der Waals surface area contributed by atoms with E-state index in [0.29, 0.717) is 30.8 Å². The van der Waals surface area contributed by atoms with Gasteiger partial charge in [0.15, 0.2) is 0 Å². The van der Waals surface area contributed by atoms with Gasteiger partial charge < -0.3 is 9.47 Å².